The number of guanidine groups is 1. The van der Waals surface area contributed by atoms with Crippen LogP contribution in [0.25, 0.3) is 0 Å². The quantitative estimate of drug-likeness (QED) is 0.394. The standard InChI is InChI=1S/C23H32N6OS/c1-16(14-21-11-6-17(2)31-21)26-23(25-15-22-28-27-18(3)29(22)4)24-13-12-19-7-9-20(30-5)10-8-19/h6-11,16H,12-15H2,1-5H3,(H2,24,25,26). The van der Waals surface area contributed by atoms with Crippen LogP contribution < -0.4 is 15.4 Å². The molecule has 1 atom stereocenters. The molecule has 0 bridgehead atoms. The second-order valence-corrected chi connectivity index (χ2v) is 9.05. The molecule has 8 heteroatoms. The van der Waals surface area contributed by atoms with Gasteiger partial charge < -0.3 is 19.9 Å². The molecule has 1 unspecified atom stereocenters. The van der Waals surface area contributed by atoms with Crippen LogP contribution in [0, 0.1) is 13.8 Å². The summed E-state index contributed by atoms with van der Waals surface area (Å²) in [5, 5.41) is 15.4. The Balaban J connectivity index is 1.62. The zero-order valence-electron chi connectivity index (χ0n) is 19.0. The molecule has 1 aromatic carbocycles. The highest BCUT2D eigenvalue weighted by Crippen LogP contribution is 2.16. The highest BCUT2D eigenvalue weighted by molar-refractivity contribution is 7.11. The SMILES string of the molecule is COc1ccc(CCNC(=NCc2nnc(C)n2C)NC(C)Cc2ccc(C)s2)cc1. The van der Waals surface area contributed by atoms with E-state index in [0.717, 1.165) is 42.7 Å². The van der Waals surface area contributed by atoms with E-state index in [-0.39, 0.29) is 6.04 Å². The number of hydrogen-bond donors (Lipinski definition) is 2. The Morgan fingerprint density at radius 1 is 1.16 bits per heavy atom. The molecule has 0 aliphatic heterocycles. The van der Waals surface area contributed by atoms with Gasteiger partial charge in [-0.2, -0.15) is 0 Å². The molecule has 2 aromatic heterocycles. The minimum Gasteiger partial charge on any atom is -0.497 e. The van der Waals surface area contributed by atoms with Crippen molar-refractivity contribution in [1.82, 2.24) is 25.4 Å². The fourth-order valence-corrected chi connectivity index (χ4v) is 4.21. The topological polar surface area (TPSA) is 76.4 Å². The third-order valence-corrected chi connectivity index (χ3v) is 6.14. The van der Waals surface area contributed by atoms with Crippen LogP contribution >= 0.6 is 11.3 Å². The Kier molecular flexibility index (Phi) is 8.06. The van der Waals surface area contributed by atoms with Gasteiger partial charge in [0.25, 0.3) is 0 Å². The van der Waals surface area contributed by atoms with Crippen molar-refractivity contribution in [2.24, 2.45) is 12.0 Å². The molecule has 0 saturated carbocycles. The summed E-state index contributed by atoms with van der Waals surface area (Å²) in [4.78, 5) is 7.48. The number of thiophene rings is 1. The molecule has 7 nitrogen and oxygen atoms in total. The number of aliphatic imine (C=N–C) groups is 1. The van der Waals surface area contributed by atoms with E-state index in [4.69, 9.17) is 9.73 Å². The minimum absolute atomic E-state index is 0.256. The molecule has 3 aromatic rings. The molecule has 2 heterocycles. The van der Waals surface area contributed by atoms with E-state index in [1.54, 1.807) is 7.11 Å². The number of hydrogen-bond acceptors (Lipinski definition) is 5. The molecule has 0 saturated heterocycles. The molecule has 3 rings (SSSR count). The van der Waals surface area contributed by atoms with Crippen LogP contribution in [-0.4, -0.2) is 40.4 Å². The van der Waals surface area contributed by atoms with Crippen LogP contribution in [0.3, 0.4) is 0 Å². The Labute approximate surface area is 188 Å². The number of methoxy groups -OCH3 is 1. The summed E-state index contributed by atoms with van der Waals surface area (Å²) in [5.41, 5.74) is 1.25. The predicted molar refractivity (Wildman–Crippen MR) is 127 cm³/mol. The first-order chi connectivity index (χ1) is 14.9. The number of nitrogens with one attached hydrogen (secondary N) is 2. The molecule has 0 aliphatic rings. The van der Waals surface area contributed by atoms with E-state index < -0.39 is 0 Å². The van der Waals surface area contributed by atoms with Crippen LogP contribution in [0.1, 0.15) is 33.9 Å². The number of aryl methyl sites for hydroxylation is 2. The maximum atomic E-state index is 5.23. The highest BCUT2D eigenvalue weighted by Gasteiger charge is 2.10. The summed E-state index contributed by atoms with van der Waals surface area (Å²) in [7, 11) is 3.65. The van der Waals surface area contributed by atoms with E-state index in [0.29, 0.717) is 6.54 Å². The first-order valence-electron chi connectivity index (χ1n) is 10.5. The third-order valence-electron chi connectivity index (χ3n) is 5.11. The lowest BCUT2D eigenvalue weighted by molar-refractivity contribution is 0.414. The van der Waals surface area contributed by atoms with Crippen molar-refractivity contribution in [3.63, 3.8) is 0 Å². The largest absolute Gasteiger partial charge is 0.497 e. The maximum absolute atomic E-state index is 5.23. The van der Waals surface area contributed by atoms with Crippen molar-refractivity contribution < 1.29 is 4.74 Å². The van der Waals surface area contributed by atoms with Gasteiger partial charge in [-0.05, 0) is 57.0 Å². The second kappa shape index (κ2) is 10.9. The Morgan fingerprint density at radius 2 is 1.94 bits per heavy atom. The van der Waals surface area contributed by atoms with Crippen LogP contribution in [-0.2, 0) is 26.4 Å². The van der Waals surface area contributed by atoms with E-state index in [1.165, 1.54) is 15.3 Å². The number of benzene rings is 1. The lowest BCUT2D eigenvalue weighted by Gasteiger charge is -2.18. The summed E-state index contributed by atoms with van der Waals surface area (Å²) in [5.74, 6) is 3.39. The average molecular weight is 441 g/mol. The van der Waals surface area contributed by atoms with Crippen molar-refractivity contribution in [3.8, 4) is 5.75 Å². The molecule has 0 amide bonds. The van der Waals surface area contributed by atoms with Gasteiger partial charge in [0.1, 0.15) is 18.1 Å². The number of rotatable bonds is 9. The lowest BCUT2D eigenvalue weighted by Crippen LogP contribution is -2.43. The van der Waals surface area contributed by atoms with Crippen molar-refractivity contribution in [2.75, 3.05) is 13.7 Å². The van der Waals surface area contributed by atoms with Gasteiger partial charge in [0.2, 0.25) is 0 Å². The summed E-state index contributed by atoms with van der Waals surface area (Å²) >= 11 is 1.84. The number of aromatic nitrogens is 3. The van der Waals surface area contributed by atoms with Gasteiger partial charge in [-0.1, -0.05) is 12.1 Å². The van der Waals surface area contributed by atoms with Crippen LogP contribution in [0.2, 0.25) is 0 Å². The van der Waals surface area contributed by atoms with Crippen LogP contribution in [0.5, 0.6) is 5.75 Å². The first-order valence-corrected chi connectivity index (χ1v) is 11.3. The highest BCUT2D eigenvalue weighted by atomic mass is 32.1. The zero-order valence-corrected chi connectivity index (χ0v) is 19.8. The maximum Gasteiger partial charge on any atom is 0.191 e. The molecule has 31 heavy (non-hydrogen) atoms. The smallest absolute Gasteiger partial charge is 0.191 e. The average Bonchev–Trinajstić information content (AvgIpc) is 3.31. The Morgan fingerprint density at radius 3 is 2.55 bits per heavy atom. The van der Waals surface area contributed by atoms with Gasteiger partial charge in [0.15, 0.2) is 11.8 Å². The summed E-state index contributed by atoms with van der Waals surface area (Å²) in [6.45, 7) is 7.52. The van der Waals surface area contributed by atoms with Gasteiger partial charge in [-0.25, -0.2) is 4.99 Å². The Bertz CT molecular complexity index is 992. The Hall–Kier alpha value is -2.87. The van der Waals surface area contributed by atoms with Crippen molar-refractivity contribution in [3.05, 3.63) is 63.4 Å². The van der Waals surface area contributed by atoms with Gasteiger partial charge in [-0.3, -0.25) is 0 Å². The van der Waals surface area contributed by atoms with Crippen molar-refractivity contribution >= 4 is 17.3 Å². The van der Waals surface area contributed by atoms with Gasteiger partial charge in [-0.15, -0.1) is 21.5 Å². The fraction of sp³-hybridized carbons (Fsp3) is 0.435. The van der Waals surface area contributed by atoms with Gasteiger partial charge >= 0.3 is 0 Å². The molecule has 0 fully saturated rings. The van der Waals surface area contributed by atoms with E-state index >= 15 is 0 Å². The van der Waals surface area contributed by atoms with E-state index in [1.807, 2.05) is 42.0 Å². The minimum atomic E-state index is 0.256. The van der Waals surface area contributed by atoms with Gasteiger partial charge in [0.05, 0.1) is 7.11 Å². The summed E-state index contributed by atoms with van der Waals surface area (Å²) in [6.07, 6.45) is 1.85. The molecular formula is C23H32N6OS. The molecule has 0 radical (unpaired) electrons. The molecule has 2 N–H and O–H groups in total. The monoisotopic (exact) mass is 440 g/mol. The van der Waals surface area contributed by atoms with E-state index in [9.17, 15) is 0 Å². The number of ether oxygens (including phenoxy) is 1. The van der Waals surface area contributed by atoms with Crippen molar-refractivity contribution in [1.29, 1.82) is 0 Å². The molecule has 166 valence electrons. The zero-order chi connectivity index (χ0) is 22.2. The third kappa shape index (κ3) is 6.82. The van der Waals surface area contributed by atoms with E-state index in [2.05, 4.69) is 58.9 Å². The fourth-order valence-electron chi connectivity index (χ4n) is 3.19. The molecule has 0 spiro atoms. The van der Waals surface area contributed by atoms with Gasteiger partial charge in [0, 0.05) is 35.8 Å². The predicted octanol–water partition coefficient (Wildman–Crippen LogP) is 3.41. The summed E-state index contributed by atoms with van der Waals surface area (Å²) in [6, 6.07) is 12.8. The number of nitrogens with zero attached hydrogens (tertiary/aromatic N) is 4. The van der Waals surface area contributed by atoms with Crippen LogP contribution in [0.15, 0.2) is 41.4 Å². The normalized spacial score (nSPS) is 12.6. The second-order valence-electron chi connectivity index (χ2n) is 7.67. The first kappa shape index (κ1) is 22.8. The van der Waals surface area contributed by atoms with Crippen LogP contribution in [0.4, 0.5) is 0 Å². The lowest BCUT2D eigenvalue weighted by atomic mass is 10.1. The van der Waals surface area contributed by atoms with Crippen molar-refractivity contribution in [2.45, 2.75) is 46.2 Å². The summed E-state index contributed by atoms with van der Waals surface area (Å²) < 4.78 is 7.20. The molecular weight excluding hydrogens is 408 g/mol. The molecule has 0 aliphatic carbocycles.